The van der Waals surface area contributed by atoms with E-state index in [1.807, 2.05) is 0 Å². The summed E-state index contributed by atoms with van der Waals surface area (Å²) < 4.78 is 1.50. The van der Waals surface area contributed by atoms with E-state index in [1.165, 1.54) is 36.6 Å². The molecule has 1 unspecified atom stereocenters. The summed E-state index contributed by atoms with van der Waals surface area (Å²) in [4.78, 5) is 19.3. The van der Waals surface area contributed by atoms with Gasteiger partial charge in [-0.2, -0.15) is 0 Å². The molecule has 2 aromatic heterocycles. The van der Waals surface area contributed by atoms with Crippen LogP contribution in [-0.2, 0) is 6.54 Å². The zero-order valence-corrected chi connectivity index (χ0v) is 14.5. The Morgan fingerprint density at radius 2 is 2.08 bits per heavy atom. The summed E-state index contributed by atoms with van der Waals surface area (Å²) in [5, 5.41) is 4.18. The summed E-state index contributed by atoms with van der Waals surface area (Å²) in [6.07, 6.45) is 6.74. The highest BCUT2D eigenvalue weighted by molar-refractivity contribution is 6.30. The molecule has 6 heteroatoms. The van der Waals surface area contributed by atoms with Crippen molar-refractivity contribution in [1.82, 2.24) is 19.6 Å². The molecule has 2 aliphatic heterocycles. The number of hydrogen-bond donors (Lipinski definition) is 1. The van der Waals surface area contributed by atoms with Crippen molar-refractivity contribution in [3.05, 3.63) is 45.5 Å². The van der Waals surface area contributed by atoms with Crippen molar-refractivity contribution in [2.75, 3.05) is 19.6 Å². The Kier molecular flexibility index (Phi) is 4.57. The highest BCUT2D eigenvalue weighted by Gasteiger charge is 2.28. The Bertz CT molecular complexity index is 776. The second-order valence-corrected chi connectivity index (χ2v) is 7.41. The Morgan fingerprint density at radius 3 is 2.83 bits per heavy atom. The van der Waals surface area contributed by atoms with Crippen LogP contribution in [0.4, 0.5) is 0 Å². The third-order valence-corrected chi connectivity index (χ3v) is 5.59. The van der Waals surface area contributed by atoms with Crippen molar-refractivity contribution in [2.45, 2.75) is 38.3 Å². The second-order valence-electron chi connectivity index (χ2n) is 6.98. The Balaban J connectivity index is 1.43. The highest BCUT2D eigenvalue weighted by Crippen LogP contribution is 2.26. The van der Waals surface area contributed by atoms with Gasteiger partial charge in [0.05, 0.1) is 10.7 Å². The summed E-state index contributed by atoms with van der Waals surface area (Å²) >= 11 is 5.95. The van der Waals surface area contributed by atoms with Gasteiger partial charge in [-0.1, -0.05) is 11.6 Å². The predicted octanol–water partition coefficient (Wildman–Crippen LogP) is 2.31. The van der Waals surface area contributed by atoms with E-state index in [4.69, 9.17) is 11.6 Å². The van der Waals surface area contributed by atoms with E-state index < -0.39 is 0 Å². The van der Waals surface area contributed by atoms with Crippen LogP contribution in [0.15, 0.2) is 29.2 Å². The van der Waals surface area contributed by atoms with Crippen LogP contribution in [0.5, 0.6) is 0 Å². The van der Waals surface area contributed by atoms with E-state index in [0.717, 1.165) is 37.3 Å². The molecule has 0 spiro atoms. The molecular formula is C18H23ClN4O. The molecule has 2 aromatic rings. The Morgan fingerprint density at radius 1 is 1.25 bits per heavy atom. The van der Waals surface area contributed by atoms with Gasteiger partial charge in [-0.25, -0.2) is 4.98 Å². The zero-order valence-electron chi connectivity index (χ0n) is 13.7. The van der Waals surface area contributed by atoms with Gasteiger partial charge in [-0.15, -0.1) is 0 Å². The largest absolute Gasteiger partial charge is 0.314 e. The minimum absolute atomic E-state index is 0.0671. The maximum absolute atomic E-state index is 12.3. The van der Waals surface area contributed by atoms with E-state index in [2.05, 4.69) is 15.2 Å². The number of halogens is 1. The number of piperidine rings is 1. The van der Waals surface area contributed by atoms with E-state index in [9.17, 15) is 4.79 Å². The molecule has 0 aliphatic carbocycles. The third-order valence-electron chi connectivity index (χ3n) is 5.36. The van der Waals surface area contributed by atoms with Crippen LogP contribution < -0.4 is 10.9 Å². The standard InChI is InChI=1S/C18H23ClN4O/c19-14-3-4-17-21-15(10-18(24)23(17)11-14)12-22-8-5-13(6-9-22)16-2-1-7-20-16/h3-4,10-11,13,16,20H,1-2,5-9,12H2. The van der Waals surface area contributed by atoms with Crippen molar-refractivity contribution in [3.63, 3.8) is 0 Å². The lowest BCUT2D eigenvalue weighted by Gasteiger charge is -2.34. The maximum Gasteiger partial charge on any atom is 0.258 e. The molecular weight excluding hydrogens is 324 g/mol. The molecule has 0 amide bonds. The summed E-state index contributed by atoms with van der Waals surface area (Å²) in [7, 11) is 0. The molecule has 0 saturated carbocycles. The van der Waals surface area contributed by atoms with Crippen molar-refractivity contribution in [2.24, 2.45) is 5.92 Å². The number of rotatable bonds is 3. The van der Waals surface area contributed by atoms with Gasteiger partial charge in [0.1, 0.15) is 5.65 Å². The minimum Gasteiger partial charge on any atom is -0.314 e. The normalized spacial score (nSPS) is 23.1. The van der Waals surface area contributed by atoms with Gasteiger partial charge in [-0.3, -0.25) is 14.1 Å². The van der Waals surface area contributed by atoms with Crippen LogP contribution in [0, 0.1) is 5.92 Å². The summed E-state index contributed by atoms with van der Waals surface area (Å²) in [6, 6.07) is 5.92. The van der Waals surface area contributed by atoms with E-state index in [-0.39, 0.29) is 5.56 Å². The minimum atomic E-state index is -0.0671. The van der Waals surface area contributed by atoms with Crippen LogP contribution in [0.25, 0.3) is 5.65 Å². The molecule has 0 bridgehead atoms. The van der Waals surface area contributed by atoms with Gasteiger partial charge in [0.25, 0.3) is 5.56 Å². The van der Waals surface area contributed by atoms with Gasteiger partial charge >= 0.3 is 0 Å². The number of fused-ring (bicyclic) bond motifs is 1. The van der Waals surface area contributed by atoms with Crippen LogP contribution in [0.1, 0.15) is 31.4 Å². The van der Waals surface area contributed by atoms with Gasteiger partial charge in [0.15, 0.2) is 0 Å². The molecule has 2 aliphatic rings. The lowest BCUT2D eigenvalue weighted by Crippen LogP contribution is -2.40. The fourth-order valence-electron chi connectivity index (χ4n) is 4.06. The summed E-state index contributed by atoms with van der Waals surface area (Å²) in [6.45, 7) is 4.11. The van der Waals surface area contributed by atoms with Gasteiger partial charge in [0.2, 0.25) is 0 Å². The average molecular weight is 347 g/mol. The molecule has 0 radical (unpaired) electrons. The van der Waals surface area contributed by atoms with Crippen molar-refractivity contribution < 1.29 is 0 Å². The first-order valence-corrected chi connectivity index (χ1v) is 9.20. The number of pyridine rings is 1. The molecule has 1 N–H and O–H groups in total. The fourth-order valence-corrected chi connectivity index (χ4v) is 4.22. The van der Waals surface area contributed by atoms with Gasteiger partial charge in [0, 0.05) is 24.8 Å². The van der Waals surface area contributed by atoms with Crippen molar-refractivity contribution in [1.29, 1.82) is 0 Å². The Labute approximate surface area is 146 Å². The smallest absolute Gasteiger partial charge is 0.258 e. The van der Waals surface area contributed by atoms with E-state index in [0.29, 0.717) is 10.7 Å². The number of nitrogens with zero attached hydrogens (tertiary/aromatic N) is 3. The number of likely N-dealkylation sites (tertiary alicyclic amines) is 1. The lowest BCUT2D eigenvalue weighted by molar-refractivity contribution is 0.156. The topological polar surface area (TPSA) is 49.6 Å². The summed E-state index contributed by atoms with van der Waals surface area (Å²) in [5.74, 6) is 0.807. The van der Waals surface area contributed by atoms with E-state index >= 15 is 0 Å². The van der Waals surface area contributed by atoms with Crippen molar-refractivity contribution in [3.8, 4) is 0 Å². The predicted molar refractivity (Wildman–Crippen MR) is 95.5 cm³/mol. The van der Waals surface area contributed by atoms with Gasteiger partial charge < -0.3 is 5.32 Å². The summed E-state index contributed by atoms with van der Waals surface area (Å²) in [5.41, 5.74) is 1.44. The van der Waals surface area contributed by atoms with Crippen molar-refractivity contribution >= 4 is 17.2 Å². The maximum atomic E-state index is 12.3. The molecule has 128 valence electrons. The SMILES string of the molecule is O=c1cc(CN2CCC(C3CCCN3)CC2)nc2ccc(Cl)cn12. The Hall–Kier alpha value is -1.43. The van der Waals surface area contributed by atoms with Crippen LogP contribution >= 0.6 is 11.6 Å². The number of hydrogen-bond acceptors (Lipinski definition) is 4. The van der Waals surface area contributed by atoms with Crippen LogP contribution in [0.2, 0.25) is 5.02 Å². The average Bonchev–Trinajstić information content (AvgIpc) is 3.11. The van der Waals surface area contributed by atoms with E-state index in [1.54, 1.807) is 24.4 Å². The second kappa shape index (κ2) is 6.82. The quantitative estimate of drug-likeness (QED) is 0.926. The monoisotopic (exact) mass is 346 g/mol. The van der Waals surface area contributed by atoms with Gasteiger partial charge in [-0.05, 0) is 63.4 Å². The lowest BCUT2D eigenvalue weighted by atomic mass is 9.88. The zero-order chi connectivity index (χ0) is 16.5. The number of aromatic nitrogens is 2. The molecule has 2 fully saturated rings. The fraction of sp³-hybridized carbons (Fsp3) is 0.556. The number of nitrogens with one attached hydrogen (secondary N) is 1. The third kappa shape index (κ3) is 3.34. The molecule has 0 aromatic carbocycles. The van der Waals surface area contributed by atoms with Crippen LogP contribution in [-0.4, -0.2) is 40.0 Å². The molecule has 1 atom stereocenters. The molecule has 5 nitrogen and oxygen atoms in total. The molecule has 4 rings (SSSR count). The van der Waals surface area contributed by atoms with Crippen LogP contribution in [0.3, 0.4) is 0 Å². The highest BCUT2D eigenvalue weighted by atomic mass is 35.5. The first-order chi connectivity index (χ1) is 11.7. The molecule has 2 saturated heterocycles. The first-order valence-electron chi connectivity index (χ1n) is 8.82. The molecule has 24 heavy (non-hydrogen) atoms. The first kappa shape index (κ1) is 16.1. The molecule has 4 heterocycles.